The maximum absolute atomic E-state index is 13.1. The van der Waals surface area contributed by atoms with Crippen LogP contribution in [0.4, 0.5) is 29.1 Å². The summed E-state index contributed by atoms with van der Waals surface area (Å²) in [5.74, 6) is -0.608. The highest BCUT2D eigenvalue weighted by Crippen LogP contribution is 2.28. The largest absolute Gasteiger partial charge is 0.433 e. The lowest BCUT2D eigenvalue weighted by Crippen LogP contribution is -2.40. The van der Waals surface area contributed by atoms with Gasteiger partial charge >= 0.3 is 6.18 Å². The van der Waals surface area contributed by atoms with Crippen molar-refractivity contribution < 1.29 is 22.4 Å². The van der Waals surface area contributed by atoms with E-state index in [0.29, 0.717) is 30.2 Å². The number of nitrogens with one attached hydrogen (secondary N) is 1. The van der Waals surface area contributed by atoms with E-state index < -0.39 is 11.9 Å². The lowest BCUT2D eigenvalue weighted by Gasteiger charge is -2.27. The maximum atomic E-state index is 13.1. The molecule has 0 radical (unpaired) electrons. The zero-order chi connectivity index (χ0) is 20.6. The Morgan fingerprint density at radius 2 is 1.83 bits per heavy atom. The Hall–Kier alpha value is -3.43. The molecule has 150 valence electrons. The summed E-state index contributed by atoms with van der Waals surface area (Å²) in [4.78, 5) is 17.8. The van der Waals surface area contributed by atoms with Crippen LogP contribution in [-0.4, -0.2) is 27.2 Å². The van der Waals surface area contributed by atoms with Crippen LogP contribution in [0.15, 0.2) is 48.5 Å². The molecule has 10 heteroatoms. The molecule has 0 spiro atoms. The zero-order valence-corrected chi connectivity index (χ0v) is 14.9. The predicted octanol–water partition coefficient (Wildman–Crippen LogP) is 3.71. The van der Waals surface area contributed by atoms with Crippen LogP contribution in [-0.2, 0) is 19.3 Å². The van der Waals surface area contributed by atoms with Gasteiger partial charge in [-0.3, -0.25) is 9.48 Å². The van der Waals surface area contributed by atoms with Gasteiger partial charge in [0.1, 0.15) is 23.0 Å². The lowest BCUT2D eigenvalue weighted by atomic mass is 10.2. The first-order chi connectivity index (χ1) is 13.8. The van der Waals surface area contributed by atoms with Crippen molar-refractivity contribution in [3.8, 4) is 0 Å². The molecule has 1 aliphatic rings. The van der Waals surface area contributed by atoms with Gasteiger partial charge in [0.25, 0.3) is 5.91 Å². The van der Waals surface area contributed by atoms with Crippen LogP contribution in [0, 0.1) is 5.82 Å². The number of fused-ring (bicyclic) bond motifs is 1. The van der Waals surface area contributed by atoms with Crippen LogP contribution in [0.5, 0.6) is 0 Å². The third kappa shape index (κ3) is 3.91. The van der Waals surface area contributed by atoms with Gasteiger partial charge in [-0.25, -0.2) is 9.37 Å². The number of halogens is 4. The monoisotopic (exact) mass is 405 g/mol. The van der Waals surface area contributed by atoms with Crippen molar-refractivity contribution in [2.24, 2.45) is 0 Å². The molecular weight excluding hydrogens is 390 g/mol. The molecule has 1 aromatic carbocycles. The molecule has 0 saturated carbocycles. The number of rotatable bonds is 4. The molecule has 3 heterocycles. The molecular formula is C19H15F4N5O. The van der Waals surface area contributed by atoms with Gasteiger partial charge < -0.3 is 10.2 Å². The molecule has 0 fully saturated rings. The van der Waals surface area contributed by atoms with E-state index in [4.69, 9.17) is 0 Å². The molecule has 0 aliphatic carbocycles. The first-order valence-electron chi connectivity index (χ1n) is 8.73. The molecule has 29 heavy (non-hydrogen) atoms. The second-order valence-electron chi connectivity index (χ2n) is 6.44. The molecule has 3 aromatic rings. The van der Waals surface area contributed by atoms with Crippen molar-refractivity contribution >= 4 is 17.4 Å². The summed E-state index contributed by atoms with van der Waals surface area (Å²) in [5, 5.41) is 7.12. The van der Waals surface area contributed by atoms with E-state index >= 15 is 0 Å². The highest BCUT2D eigenvalue weighted by molar-refractivity contribution is 6.05. The van der Waals surface area contributed by atoms with E-state index in [0.717, 1.165) is 6.07 Å². The van der Waals surface area contributed by atoms with Crippen LogP contribution >= 0.6 is 0 Å². The SMILES string of the molecule is O=C1c2cc(CNc3cccc(C(F)(F)F)n3)nn2CCN1c1ccc(F)cc1. The number of carbonyl (C=O) groups is 1. The van der Waals surface area contributed by atoms with Crippen molar-refractivity contribution in [2.45, 2.75) is 19.3 Å². The molecule has 1 amide bonds. The highest BCUT2D eigenvalue weighted by Gasteiger charge is 2.32. The molecule has 0 atom stereocenters. The van der Waals surface area contributed by atoms with Gasteiger partial charge in [-0.15, -0.1) is 0 Å². The lowest BCUT2D eigenvalue weighted by molar-refractivity contribution is -0.141. The minimum absolute atomic E-state index is 0.0602. The molecule has 1 aliphatic heterocycles. The van der Waals surface area contributed by atoms with E-state index in [2.05, 4.69) is 15.4 Å². The average Bonchev–Trinajstić information content (AvgIpc) is 3.11. The van der Waals surface area contributed by atoms with Gasteiger partial charge in [0.15, 0.2) is 0 Å². The normalized spacial score (nSPS) is 14.1. The van der Waals surface area contributed by atoms with Gasteiger partial charge in [-0.2, -0.15) is 18.3 Å². The quantitative estimate of drug-likeness (QED) is 0.673. The molecule has 1 N–H and O–H groups in total. The maximum Gasteiger partial charge on any atom is 0.433 e. The highest BCUT2D eigenvalue weighted by atomic mass is 19.4. The smallest absolute Gasteiger partial charge is 0.364 e. The number of anilines is 2. The fourth-order valence-corrected chi connectivity index (χ4v) is 3.07. The summed E-state index contributed by atoms with van der Waals surface area (Å²) in [6.45, 7) is 0.930. The molecule has 0 bridgehead atoms. The minimum atomic E-state index is -4.53. The molecule has 6 nitrogen and oxygen atoms in total. The van der Waals surface area contributed by atoms with Gasteiger partial charge in [-0.1, -0.05) is 6.07 Å². The summed E-state index contributed by atoms with van der Waals surface area (Å²) in [5.41, 5.74) is 0.441. The van der Waals surface area contributed by atoms with Gasteiger partial charge in [0.2, 0.25) is 0 Å². The standard InChI is InChI=1S/C19H15F4N5O/c20-12-4-6-14(7-5-12)27-8-9-28-15(18(27)29)10-13(26-28)11-24-17-3-1-2-16(25-17)19(21,22)23/h1-7,10H,8-9,11H2,(H,24,25). The Kier molecular flexibility index (Phi) is 4.69. The molecule has 0 unspecified atom stereocenters. The van der Waals surface area contributed by atoms with Gasteiger partial charge in [0, 0.05) is 12.2 Å². The topological polar surface area (TPSA) is 63.1 Å². The second kappa shape index (κ2) is 7.19. The molecule has 0 saturated heterocycles. The fourth-order valence-electron chi connectivity index (χ4n) is 3.07. The number of nitrogens with zero attached hydrogens (tertiary/aromatic N) is 4. The summed E-state index contributed by atoms with van der Waals surface area (Å²) in [6.07, 6.45) is -4.53. The van der Waals surface area contributed by atoms with Crippen LogP contribution < -0.4 is 10.2 Å². The summed E-state index contributed by atoms with van der Waals surface area (Å²) in [7, 11) is 0. The Bertz CT molecular complexity index is 1050. The van der Waals surface area contributed by atoms with Gasteiger partial charge in [0.05, 0.1) is 18.8 Å². The van der Waals surface area contributed by atoms with Crippen LogP contribution in [0.25, 0.3) is 0 Å². The number of hydrogen-bond donors (Lipinski definition) is 1. The Labute approximate surface area is 162 Å². The summed E-state index contributed by atoms with van der Waals surface area (Å²) < 4.78 is 52.9. The number of amides is 1. The number of aromatic nitrogens is 3. The number of benzene rings is 1. The van der Waals surface area contributed by atoms with Crippen LogP contribution in [0.1, 0.15) is 21.9 Å². The van der Waals surface area contributed by atoms with Crippen molar-refractivity contribution in [1.82, 2.24) is 14.8 Å². The Morgan fingerprint density at radius 1 is 1.07 bits per heavy atom. The van der Waals surface area contributed by atoms with Crippen molar-refractivity contribution in [3.63, 3.8) is 0 Å². The predicted molar refractivity (Wildman–Crippen MR) is 96.9 cm³/mol. The number of hydrogen-bond acceptors (Lipinski definition) is 4. The average molecular weight is 405 g/mol. The van der Waals surface area contributed by atoms with Gasteiger partial charge in [-0.05, 0) is 42.5 Å². The second-order valence-corrected chi connectivity index (χ2v) is 6.44. The van der Waals surface area contributed by atoms with Crippen molar-refractivity contribution in [2.75, 3.05) is 16.8 Å². The van der Waals surface area contributed by atoms with E-state index in [1.807, 2.05) is 0 Å². The fraction of sp³-hybridized carbons (Fsp3) is 0.211. The van der Waals surface area contributed by atoms with E-state index in [1.54, 1.807) is 10.7 Å². The third-order valence-corrected chi connectivity index (χ3v) is 4.46. The number of carbonyl (C=O) groups excluding carboxylic acids is 1. The van der Waals surface area contributed by atoms with Crippen LogP contribution in [0.3, 0.4) is 0 Å². The molecule has 2 aromatic heterocycles. The molecule has 4 rings (SSSR count). The summed E-state index contributed by atoms with van der Waals surface area (Å²) in [6, 6.07) is 10.8. The van der Waals surface area contributed by atoms with Crippen molar-refractivity contribution in [1.29, 1.82) is 0 Å². The van der Waals surface area contributed by atoms with E-state index in [1.165, 1.54) is 41.3 Å². The van der Waals surface area contributed by atoms with E-state index in [9.17, 15) is 22.4 Å². The van der Waals surface area contributed by atoms with Crippen LogP contribution in [0.2, 0.25) is 0 Å². The Balaban J connectivity index is 1.48. The number of pyridine rings is 1. The third-order valence-electron chi connectivity index (χ3n) is 4.46. The minimum Gasteiger partial charge on any atom is -0.364 e. The van der Waals surface area contributed by atoms with E-state index in [-0.39, 0.29) is 24.1 Å². The van der Waals surface area contributed by atoms with Crippen molar-refractivity contribution in [3.05, 3.63) is 71.4 Å². The number of alkyl halides is 3. The Morgan fingerprint density at radius 3 is 2.55 bits per heavy atom. The first-order valence-corrected chi connectivity index (χ1v) is 8.73. The zero-order valence-electron chi connectivity index (χ0n) is 14.9. The first kappa shape index (κ1) is 18.9. The summed E-state index contributed by atoms with van der Waals surface area (Å²) >= 11 is 0.